The zero-order valence-corrected chi connectivity index (χ0v) is 19.8. The van der Waals surface area contributed by atoms with E-state index in [-0.39, 0.29) is 12.4 Å². The lowest BCUT2D eigenvalue weighted by Gasteiger charge is -2.48. The molecule has 2 aromatic heterocycles. The Kier molecular flexibility index (Phi) is 6.74. The summed E-state index contributed by atoms with van der Waals surface area (Å²) in [5.41, 5.74) is 2.91. The number of benzene rings is 1. The molecule has 1 aliphatic heterocycles. The van der Waals surface area contributed by atoms with E-state index in [0.29, 0.717) is 11.2 Å². The highest BCUT2D eigenvalue weighted by Gasteiger charge is 2.50. The lowest BCUT2D eigenvalue weighted by molar-refractivity contribution is 0.0973. The van der Waals surface area contributed by atoms with Crippen molar-refractivity contribution in [1.29, 1.82) is 0 Å². The molecular weight excluding hydrogens is 430 g/mol. The molecule has 31 heavy (non-hydrogen) atoms. The van der Waals surface area contributed by atoms with Crippen molar-refractivity contribution in [2.24, 2.45) is 12.5 Å². The molecule has 2 unspecified atom stereocenters. The quantitative estimate of drug-likeness (QED) is 0.368. The number of hydrogen-bond acceptors (Lipinski definition) is 6. The van der Waals surface area contributed by atoms with Crippen molar-refractivity contribution in [2.75, 3.05) is 25.4 Å². The molecule has 5 rings (SSSR count). The highest BCUT2D eigenvalue weighted by molar-refractivity contribution is 7.99. The number of thioether (sulfide) groups is 1. The molecule has 2 atom stereocenters. The van der Waals surface area contributed by atoms with Crippen molar-refractivity contribution in [2.45, 2.75) is 43.7 Å². The Balaban J connectivity index is 0.00000231. The maximum Gasteiger partial charge on any atom is 0.202 e. The second-order valence-corrected chi connectivity index (χ2v) is 9.79. The molecule has 2 aliphatic rings. The third kappa shape index (κ3) is 4.28. The van der Waals surface area contributed by atoms with Gasteiger partial charge in [-0.15, -0.1) is 22.6 Å². The van der Waals surface area contributed by atoms with Crippen LogP contribution in [0.15, 0.2) is 46.3 Å². The summed E-state index contributed by atoms with van der Waals surface area (Å²) in [4.78, 5) is 6.83. The predicted molar refractivity (Wildman–Crippen MR) is 126 cm³/mol. The molecule has 3 heterocycles. The molecule has 1 aliphatic carbocycles. The van der Waals surface area contributed by atoms with Crippen LogP contribution in [0.5, 0.6) is 0 Å². The molecule has 1 saturated carbocycles. The van der Waals surface area contributed by atoms with E-state index in [4.69, 9.17) is 4.42 Å². The van der Waals surface area contributed by atoms with Gasteiger partial charge in [0.05, 0.1) is 5.69 Å². The van der Waals surface area contributed by atoms with E-state index in [1.165, 1.54) is 51.7 Å². The third-order valence-electron chi connectivity index (χ3n) is 6.97. The summed E-state index contributed by atoms with van der Waals surface area (Å²) in [6, 6.07) is 11.1. The van der Waals surface area contributed by atoms with Gasteiger partial charge in [-0.3, -0.25) is 0 Å². The number of nitrogens with zero attached hydrogens (tertiary/aromatic N) is 5. The fraction of sp³-hybridized carbons (Fsp3) is 0.522. The Morgan fingerprint density at radius 1 is 1.19 bits per heavy atom. The number of likely N-dealkylation sites (tertiary alicyclic amines) is 1. The lowest BCUT2D eigenvalue weighted by Crippen LogP contribution is -2.41. The van der Waals surface area contributed by atoms with E-state index < -0.39 is 0 Å². The molecule has 1 aromatic carbocycles. The largest absolute Gasteiger partial charge is 0.440 e. The van der Waals surface area contributed by atoms with Gasteiger partial charge in [0, 0.05) is 19.3 Å². The summed E-state index contributed by atoms with van der Waals surface area (Å²) in [5.74, 6) is 3.25. The average molecular weight is 460 g/mol. The number of aryl methyl sites for hydroxylation is 1. The highest BCUT2D eigenvalue weighted by Crippen LogP contribution is 2.57. The number of aromatic nitrogens is 4. The molecule has 8 heteroatoms. The Morgan fingerprint density at radius 3 is 2.74 bits per heavy atom. The van der Waals surface area contributed by atoms with E-state index in [1.54, 1.807) is 17.3 Å². The molecular formula is C23H30ClN5OS. The smallest absolute Gasteiger partial charge is 0.202 e. The average Bonchev–Trinajstić information content (AvgIpc) is 3.45. The van der Waals surface area contributed by atoms with Crippen LogP contribution in [0.1, 0.15) is 42.9 Å². The SMILES string of the molecule is Cc1ncoc1-c1nnc(SCCCN2CCC3(CCC3c3ccccc3)C2)n1C.Cl. The number of oxazole rings is 1. The molecule has 0 N–H and O–H groups in total. The molecule has 0 bridgehead atoms. The van der Waals surface area contributed by atoms with Crippen molar-refractivity contribution in [3.63, 3.8) is 0 Å². The topological polar surface area (TPSA) is 60.0 Å². The van der Waals surface area contributed by atoms with Crippen LogP contribution in [0.25, 0.3) is 11.6 Å². The molecule has 6 nitrogen and oxygen atoms in total. The Hall–Kier alpha value is -1.83. The summed E-state index contributed by atoms with van der Waals surface area (Å²) >= 11 is 1.77. The van der Waals surface area contributed by atoms with Crippen molar-refractivity contribution in [3.05, 3.63) is 48.0 Å². The van der Waals surface area contributed by atoms with E-state index in [2.05, 4.69) is 50.4 Å². The van der Waals surface area contributed by atoms with Crippen molar-refractivity contribution >= 4 is 24.2 Å². The Labute approximate surface area is 194 Å². The van der Waals surface area contributed by atoms with Gasteiger partial charge in [-0.05, 0) is 62.6 Å². The number of rotatable bonds is 7. The molecule has 0 radical (unpaired) electrons. The standard InChI is InChI=1S/C23H29N5OS.ClH/c1-17-20(29-16-24-17)21-25-26-22(27(21)2)30-14-6-12-28-13-11-23(15-28)10-9-19(23)18-7-4-3-5-8-18;/h3-5,7-8,16,19H,6,9-15H2,1-2H3;1H. The van der Waals surface area contributed by atoms with Gasteiger partial charge in [-0.25, -0.2) is 4.98 Å². The van der Waals surface area contributed by atoms with Gasteiger partial charge >= 0.3 is 0 Å². The first kappa shape index (κ1) is 22.4. The van der Waals surface area contributed by atoms with E-state index >= 15 is 0 Å². The number of halogens is 1. The third-order valence-corrected chi connectivity index (χ3v) is 8.08. The van der Waals surface area contributed by atoms with Gasteiger partial charge in [-0.1, -0.05) is 42.1 Å². The summed E-state index contributed by atoms with van der Waals surface area (Å²) in [5, 5.41) is 9.58. The second-order valence-electron chi connectivity index (χ2n) is 8.72. The monoisotopic (exact) mass is 459 g/mol. The first-order valence-corrected chi connectivity index (χ1v) is 11.8. The van der Waals surface area contributed by atoms with Gasteiger partial charge in [0.2, 0.25) is 5.82 Å². The van der Waals surface area contributed by atoms with Crippen LogP contribution < -0.4 is 0 Å². The van der Waals surface area contributed by atoms with Crippen LogP contribution in [0.2, 0.25) is 0 Å². The van der Waals surface area contributed by atoms with Crippen molar-refractivity contribution in [1.82, 2.24) is 24.6 Å². The summed E-state index contributed by atoms with van der Waals surface area (Å²) < 4.78 is 7.47. The maximum absolute atomic E-state index is 5.46. The zero-order chi connectivity index (χ0) is 20.6. The first-order chi connectivity index (χ1) is 14.7. The zero-order valence-electron chi connectivity index (χ0n) is 18.2. The van der Waals surface area contributed by atoms with Crippen molar-refractivity contribution < 1.29 is 4.42 Å². The van der Waals surface area contributed by atoms with Crippen LogP contribution in [0.3, 0.4) is 0 Å². The van der Waals surface area contributed by atoms with Crippen LogP contribution in [0, 0.1) is 12.3 Å². The van der Waals surface area contributed by atoms with Crippen LogP contribution in [-0.2, 0) is 7.05 Å². The van der Waals surface area contributed by atoms with Crippen molar-refractivity contribution in [3.8, 4) is 11.6 Å². The minimum Gasteiger partial charge on any atom is -0.440 e. The molecule has 1 spiro atoms. The van der Waals surface area contributed by atoms with Crippen LogP contribution >= 0.6 is 24.2 Å². The summed E-state index contributed by atoms with van der Waals surface area (Å²) in [7, 11) is 1.99. The maximum atomic E-state index is 5.46. The summed E-state index contributed by atoms with van der Waals surface area (Å²) in [6.45, 7) is 5.60. The Morgan fingerprint density at radius 2 is 2.03 bits per heavy atom. The van der Waals surface area contributed by atoms with Gasteiger partial charge in [0.1, 0.15) is 0 Å². The fourth-order valence-electron chi connectivity index (χ4n) is 5.17. The normalized spacial score (nSPS) is 23.1. The van der Waals surface area contributed by atoms with Gasteiger partial charge in [0.25, 0.3) is 0 Å². The van der Waals surface area contributed by atoms with Crippen LogP contribution in [0.4, 0.5) is 0 Å². The second kappa shape index (κ2) is 9.35. The van der Waals surface area contributed by atoms with E-state index in [9.17, 15) is 0 Å². The molecule has 1 saturated heterocycles. The predicted octanol–water partition coefficient (Wildman–Crippen LogP) is 4.95. The minimum absolute atomic E-state index is 0. The van der Waals surface area contributed by atoms with Crippen LogP contribution in [-0.4, -0.2) is 50.0 Å². The summed E-state index contributed by atoms with van der Waals surface area (Å²) in [6.07, 6.45) is 6.72. The van der Waals surface area contributed by atoms with Gasteiger partial charge < -0.3 is 13.9 Å². The minimum atomic E-state index is 0. The molecule has 3 aromatic rings. The Bertz CT molecular complexity index is 1010. The molecule has 2 fully saturated rings. The number of hydrogen-bond donors (Lipinski definition) is 0. The van der Waals surface area contributed by atoms with E-state index in [1.807, 2.05) is 18.5 Å². The highest BCUT2D eigenvalue weighted by atomic mass is 35.5. The lowest BCUT2D eigenvalue weighted by atomic mass is 9.57. The van der Waals surface area contributed by atoms with E-state index in [0.717, 1.165) is 28.3 Å². The molecule has 0 amide bonds. The first-order valence-electron chi connectivity index (χ1n) is 10.9. The molecule has 166 valence electrons. The fourth-order valence-corrected chi connectivity index (χ4v) is 6.01. The van der Waals surface area contributed by atoms with Gasteiger partial charge in [-0.2, -0.15) is 0 Å². The van der Waals surface area contributed by atoms with Gasteiger partial charge in [0.15, 0.2) is 17.3 Å².